The monoisotopic (exact) mass is 227 g/mol. The summed E-state index contributed by atoms with van der Waals surface area (Å²) < 4.78 is 1.92. The Bertz CT molecular complexity index is 580. The van der Waals surface area contributed by atoms with Crippen molar-refractivity contribution in [2.75, 3.05) is 6.54 Å². The lowest BCUT2D eigenvalue weighted by molar-refractivity contribution is 0.539. The van der Waals surface area contributed by atoms with E-state index in [1.807, 2.05) is 17.9 Å². The SMILES string of the molecule is CC1CCC(c2cccc3c2cnn3C)=NC1. The number of hydrogen-bond acceptors (Lipinski definition) is 2. The van der Waals surface area contributed by atoms with Crippen LogP contribution in [0.1, 0.15) is 25.3 Å². The Kier molecular flexibility index (Phi) is 2.46. The van der Waals surface area contributed by atoms with Crippen LogP contribution in [0.4, 0.5) is 0 Å². The molecule has 0 saturated carbocycles. The van der Waals surface area contributed by atoms with Gasteiger partial charge in [-0.25, -0.2) is 0 Å². The third-order valence-electron chi connectivity index (χ3n) is 3.57. The van der Waals surface area contributed by atoms with Crippen molar-refractivity contribution in [3.63, 3.8) is 0 Å². The van der Waals surface area contributed by atoms with E-state index in [4.69, 9.17) is 4.99 Å². The Morgan fingerprint density at radius 2 is 2.24 bits per heavy atom. The van der Waals surface area contributed by atoms with E-state index in [1.54, 1.807) is 0 Å². The molecule has 0 saturated heterocycles. The van der Waals surface area contributed by atoms with Crippen molar-refractivity contribution >= 4 is 16.6 Å². The van der Waals surface area contributed by atoms with Crippen molar-refractivity contribution in [3.05, 3.63) is 30.0 Å². The average Bonchev–Trinajstić information content (AvgIpc) is 2.73. The van der Waals surface area contributed by atoms with Crippen LogP contribution >= 0.6 is 0 Å². The molecular weight excluding hydrogens is 210 g/mol. The van der Waals surface area contributed by atoms with Crippen LogP contribution in [0, 0.1) is 5.92 Å². The van der Waals surface area contributed by atoms with Gasteiger partial charge in [-0.05, 0) is 24.8 Å². The van der Waals surface area contributed by atoms with Gasteiger partial charge in [0.05, 0.1) is 11.7 Å². The molecule has 0 aliphatic carbocycles. The van der Waals surface area contributed by atoms with E-state index >= 15 is 0 Å². The van der Waals surface area contributed by atoms with E-state index in [9.17, 15) is 0 Å². The van der Waals surface area contributed by atoms with Gasteiger partial charge < -0.3 is 0 Å². The van der Waals surface area contributed by atoms with Gasteiger partial charge in [0.15, 0.2) is 0 Å². The van der Waals surface area contributed by atoms with Crippen LogP contribution < -0.4 is 0 Å². The third kappa shape index (κ3) is 1.75. The number of aryl methyl sites for hydroxylation is 1. The van der Waals surface area contributed by atoms with Crippen molar-refractivity contribution in [3.8, 4) is 0 Å². The second-order valence-electron chi connectivity index (χ2n) is 4.94. The molecule has 0 fully saturated rings. The second-order valence-corrected chi connectivity index (χ2v) is 4.94. The zero-order valence-corrected chi connectivity index (χ0v) is 10.3. The topological polar surface area (TPSA) is 30.2 Å². The molecule has 0 N–H and O–H groups in total. The first-order valence-corrected chi connectivity index (χ1v) is 6.20. The third-order valence-corrected chi connectivity index (χ3v) is 3.57. The molecule has 3 nitrogen and oxygen atoms in total. The first kappa shape index (κ1) is 10.5. The van der Waals surface area contributed by atoms with Crippen LogP contribution in [0.15, 0.2) is 29.4 Å². The second kappa shape index (κ2) is 3.99. The van der Waals surface area contributed by atoms with Crippen LogP contribution in [0.5, 0.6) is 0 Å². The molecular formula is C14H17N3. The van der Waals surface area contributed by atoms with Gasteiger partial charge in [-0.3, -0.25) is 9.67 Å². The number of aliphatic imine (C=N–C) groups is 1. The molecule has 1 atom stereocenters. The van der Waals surface area contributed by atoms with Gasteiger partial charge in [-0.15, -0.1) is 0 Å². The summed E-state index contributed by atoms with van der Waals surface area (Å²) in [6.45, 7) is 3.23. The molecule has 0 radical (unpaired) electrons. The highest BCUT2D eigenvalue weighted by atomic mass is 15.2. The highest BCUT2D eigenvalue weighted by molar-refractivity contribution is 6.10. The summed E-state index contributed by atoms with van der Waals surface area (Å²) in [5, 5.41) is 5.55. The van der Waals surface area contributed by atoms with Crippen LogP contribution in [0.3, 0.4) is 0 Å². The van der Waals surface area contributed by atoms with Crippen molar-refractivity contribution in [1.29, 1.82) is 0 Å². The minimum absolute atomic E-state index is 0.729. The van der Waals surface area contributed by atoms with E-state index < -0.39 is 0 Å². The first-order chi connectivity index (χ1) is 8.25. The Morgan fingerprint density at radius 3 is 3.00 bits per heavy atom. The normalized spacial score (nSPS) is 20.6. The van der Waals surface area contributed by atoms with Gasteiger partial charge in [0.2, 0.25) is 0 Å². The lowest BCUT2D eigenvalue weighted by Gasteiger charge is -2.18. The number of aromatic nitrogens is 2. The molecule has 1 aromatic carbocycles. The van der Waals surface area contributed by atoms with Crippen LogP contribution in [-0.2, 0) is 7.05 Å². The van der Waals surface area contributed by atoms with Crippen LogP contribution in [0.2, 0.25) is 0 Å². The van der Waals surface area contributed by atoms with Crippen molar-refractivity contribution in [2.24, 2.45) is 18.0 Å². The minimum atomic E-state index is 0.729. The fourth-order valence-corrected chi connectivity index (χ4v) is 2.47. The molecule has 1 aliphatic rings. The molecule has 17 heavy (non-hydrogen) atoms. The maximum Gasteiger partial charge on any atom is 0.0685 e. The van der Waals surface area contributed by atoms with Crippen LogP contribution in [0.25, 0.3) is 10.9 Å². The number of fused-ring (bicyclic) bond motifs is 1. The first-order valence-electron chi connectivity index (χ1n) is 6.20. The summed E-state index contributed by atoms with van der Waals surface area (Å²) in [5.41, 5.74) is 3.70. The predicted molar refractivity (Wildman–Crippen MR) is 70.5 cm³/mol. The lowest BCUT2D eigenvalue weighted by atomic mass is 9.94. The summed E-state index contributed by atoms with van der Waals surface area (Å²) in [4.78, 5) is 4.72. The summed E-state index contributed by atoms with van der Waals surface area (Å²) >= 11 is 0. The predicted octanol–water partition coefficient (Wildman–Crippen LogP) is 2.79. The van der Waals surface area contributed by atoms with Gasteiger partial charge in [0, 0.05) is 30.3 Å². The van der Waals surface area contributed by atoms with Gasteiger partial charge in [-0.1, -0.05) is 19.1 Å². The fraction of sp³-hybridized carbons (Fsp3) is 0.429. The fourth-order valence-electron chi connectivity index (χ4n) is 2.47. The van der Waals surface area contributed by atoms with E-state index in [-0.39, 0.29) is 0 Å². The number of hydrogen-bond donors (Lipinski definition) is 0. The number of nitrogens with zero attached hydrogens (tertiary/aromatic N) is 3. The van der Waals surface area contributed by atoms with E-state index in [0.29, 0.717) is 0 Å². The number of benzene rings is 1. The maximum absolute atomic E-state index is 4.72. The Labute approximate surface area is 101 Å². The molecule has 0 amide bonds. The molecule has 0 bridgehead atoms. The summed E-state index contributed by atoms with van der Waals surface area (Å²) in [6, 6.07) is 6.37. The lowest BCUT2D eigenvalue weighted by Crippen LogP contribution is -2.14. The molecule has 2 heterocycles. The Balaban J connectivity index is 2.11. The highest BCUT2D eigenvalue weighted by Crippen LogP contribution is 2.23. The van der Waals surface area contributed by atoms with E-state index in [0.717, 1.165) is 18.9 Å². The molecule has 1 unspecified atom stereocenters. The molecule has 0 spiro atoms. The van der Waals surface area contributed by atoms with Gasteiger partial charge >= 0.3 is 0 Å². The quantitative estimate of drug-likeness (QED) is 0.736. The summed E-state index contributed by atoms with van der Waals surface area (Å²) in [7, 11) is 1.98. The van der Waals surface area contributed by atoms with E-state index in [2.05, 4.69) is 30.2 Å². The minimum Gasteiger partial charge on any atom is -0.289 e. The van der Waals surface area contributed by atoms with Gasteiger partial charge in [0.25, 0.3) is 0 Å². The molecule has 3 rings (SSSR count). The van der Waals surface area contributed by atoms with Gasteiger partial charge in [-0.2, -0.15) is 5.10 Å². The number of rotatable bonds is 1. The van der Waals surface area contributed by atoms with Crippen molar-refractivity contribution in [1.82, 2.24) is 9.78 Å². The smallest absolute Gasteiger partial charge is 0.0685 e. The maximum atomic E-state index is 4.72. The molecule has 2 aromatic rings. The Morgan fingerprint density at radius 1 is 1.35 bits per heavy atom. The zero-order chi connectivity index (χ0) is 11.8. The Hall–Kier alpha value is -1.64. The van der Waals surface area contributed by atoms with Crippen molar-refractivity contribution in [2.45, 2.75) is 19.8 Å². The molecule has 1 aromatic heterocycles. The largest absolute Gasteiger partial charge is 0.289 e. The molecule has 3 heteroatoms. The average molecular weight is 227 g/mol. The molecule has 1 aliphatic heterocycles. The van der Waals surface area contributed by atoms with E-state index in [1.165, 1.54) is 28.6 Å². The highest BCUT2D eigenvalue weighted by Gasteiger charge is 2.15. The molecule has 88 valence electrons. The van der Waals surface area contributed by atoms with Crippen molar-refractivity contribution < 1.29 is 0 Å². The standard InChI is InChI=1S/C14H17N3/c1-10-6-7-13(15-8-10)11-4-3-5-14-12(11)9-16-17(14)2/h3-5,9-10H,6-8H2,1-2H3. The van der Waals surface area contributed by atoms with Crippen LogP contribution in [-0.4, -0.2) is 22.0 Å². The summed E-state index contributed by atoms with van der Waals surface area (Å²) in [5.74, 6) is 0.729. The zero-order valence-electron chi connectivity index (χ0n) is 10.3. The van der Waals surface area contributed by atoms with Gasteiger partial charge in [0.1, 0.15) is 0 Å². The summed E-state index contributed by atoms with van der Waals surface area (Å²) in [6.07, 6.45) is 4.29.